The van der Waals surface area contributed by atoms with Crippen LogP contribution in [0.25, 0.3) is 6.08 Å². The molecule has 0 fully saturated rings. The number of pyridine rings is 1. The van der Waals surface area contributed by atoms with E-state index < -0.39 is 0 Å². The van der Waals surface area contributed by atoms with Gasteiger partial charge >= 0.3 is 0 Å². The van der Waals surface area contributed by atoms with Gasteiger partial charge in [0.1, 0.15) is 12.4 Å². The van der Waals surface area contributed by atoms with Crippen molar-refractivity contribution in [1.29, 1.82) is 0 Å². The van der Waals surface area contributed by atoms with E-state index in [9.17, 15) is 0 Å². The Labute approximate surface area is 110 Å². The van der Waals surface area contributed by atoms with Crippen LogP contribution >= 0.6 is 0 Å². The first kappa shape index (κ1) is 13.1. The molecule has 1 aromatic rings. The van der Waals surface area contributed by atoms with Crippen molar-refractivity contribution in [3.63, 3.8) is 0 Å². The van der Waals surface area contributed by atoms with Crippen molar-refractivity contribution >= 4 is 6.08 Å². The Morgan fingerprint density at radius 3 is 2.28 bits per heavy atom. The Bertz CT molecular complexity index is 487. The quantitative estimate of drug-likeness (QED) is 0.687. The van der Waals surface area contributed by atoms with Gasteiger partial charge in [-0.1, -0.05) is 47.6 Å². The van der Waals surface area contributed by atoms with Gasteiger partial charge in [0.05, 0.1) is 5.69 Å². The Hall–Kier alpha value is -1.31. The lowest BCUT2D eigenvalue weighted by molar-refractivity contribution is 0.341. The standard InChI is InChI=1S/C16H23NO/c1-15(2,3)12-10-11-8-7-9-18-13(11)14(17-12)16(4,5)6/h7-8,10H,9H2,1-6H3. The van der Waals surface area contributed by atoms with E-state index in [0.29, 0.717) is 6.61 Å². The maximum absolute atomic E-state index is 5.80. The summed E-state index contributed by atoms with van der Waals surface area (Å²) in [6.45, 7) is 13.8. The molecule has 0 spiro atoms. The molecule has 2 heterocycles. The topological polar surface area (TPSA) is 22.1 Å². The summed E-state index contributed by atoms with van der Waals surface area (Å²) in [6, 6.07) is 2.15. The second-order valence-electron chi connectivity index (χ2n) is 6.99. The van der Waals surface area contributed by atoms with Crippen LogP contribution in [0.15, 0.2) is 12.1 Å². The molecule has 1 aliphatic rings. The summed E-state index contributed by atoms with van der Waals surface area (Å²) in [7, 11) is 0. The molecular weight excluding hydrogens is 222 g/mol. The van der Waals surface area contributed by atoms with Crippen LogP contribution in [0.5, 0.6) is 5.75 Å². The number of hydrogen-bond donors (Lipinski definition) is 0. The minimum Gasteiger partial charge on any atom is -0.487 e. The monoisotopic (exact) mass is 245 g/mol. The van der Waals surface area contributed by atoms with E-state index in [4.69, 9.17) is 9.72 Å². The summed E-state index contributed by atoms with van der Waals surface area (Å²) in [6.07, 6.45) is 4.20. The summed E-state index contributed by atoms with van der Waals surface area (Å²) < 4.78 is 5.80. The van der Waals surface area contributed by atoms with Crippen molar-refractivity contribution < 1.29 is 4.74 Å². The highest BCUT2D eigenvalue weighted by Gasteiger charge is 2.27. The van der Waals surface area contributed by atoms with Gasteiger partial charge in [-0.05, 0) is 12.1 Å². The van der Waals surface area contributed by atoms with E-state index in [2.05, 4.69) is 59.8 Å². The molecule has 0 aromatic carbocycles. The van der Waals surface area contributed by atoms with Crippen molar-refractivity contribution in [2.75, 3.05) is 6.61 Å². The SMILES string of the molecule is CC(C)(C)c1cc2c(c(C(C)(C)C)n1)OCC=C2. The van der Waals surface area contributed by atoms with Crippen molar-refractivity contribution in [1.82, 2.24) is 4.98 Å². The van der Waals surface area contributed by atoms with E-state index in [0.717, 1.165) is 22.7 Å². The Kier molecular flexibility index (Phi) is 3.00. The molecular formula is C16H23NO. The number of ether oxygens (including phenoxy) is 1. The van der Waals surface area contributed by atoms with E-state index in [1.165, 1.54) is 0 Å². The average molecular weight is 245 g/mol. The number of hydrogen-bond acceptors (Lipinski definition) is 2. The highest BCUT2D eigenvalue weighted by Crippen LogP contribution is 2.37. The molecule has 0 bridgehead atoms. The van der Waals surface area contributed by atoms with Gasteiger partial charge in [-0.3, -0.25) is 4.98 Å². The predicted molar refractivity (Wildman–Crippen MR) is 76.2 cm³/mol. The molecule has 0 amide bonds. The van der Waals surface area contributed by atoms with Gasteiger partial charge in [-0.15, -0.1) is 0 Å². The van der Waals surface area contributed by atoms with Crippen molar-refractivity contribution in [2.24, 2.45) is 0 Å². The normalized spacial score (nSPS) is 15.2. The molecule has 0 saturated carbocycles. The fourth-order valence-electron chi connectivity index (χ4n) is 2.03. The zero-order chi connectivity index (χ0) is 13.6. The summed E-state index contributed by atoms with van der Waals surface area (Å²) >= 11 is 0. The van der Waals surface area contributed by atoms with Crippen LogP contribution in [-0.4, -0.2) is 11.6 Å². The maximum Gasteiger partial charge on any atom is 0.149 e. The van der Waals surface area contributed by atoms with Crippen LogP contribution in [0, 0.1) is 0 Å². The van der Waals surface area contributed by atoms with Crippen LogP contribution in [0.2, 0.25) is 0 Å². The lowest BCUT2D eigenvalue weighted by Crippen LogP contribution is -2.22. The van der Waals surface area contributed by atoms with Crippen molar-refractivity contribution in [3.8, 4) is 5.75 Å². The lowest BCUT2D eigenvalue weighted by atomic mass is 9.85. The molecule has 2 heteroatoms. The van der Waals surface area contributed by atoms with Gasteiger partial charge in [0.15, 0.2) is 0 Å². The smallest absolute Gasteiger partial charge is 0.149 e. The first-order valence-electron chi connectivity index (χ1n) is 6.55. The number of fused-ring (bicyclic) bond motifs is 1. The molecule has 0 atom stereocenters. The van der Waals surface area contributed by atoms with Crippen LogP contribution < -0.4 is 4.74 Å². The third kappa shape index (κ3) is 2.43. The van der Waals surface area contributed by atoms with Crippen LogP contribution in [0.4, 0.5) is 0 Å². The molecule has 0 unspecified atom stereocenters. The number of aromatic nitrogens is 1. The van der Waals surface area contributed by atoms with E-state index in [-0.39, 0.29) is 10.8 Å². The fourth-order valence-corrected chi connectivity index (χ4v) is 2.03. The van der Waals surface area contributed by atoms with Gasteiger partial charge in [-0.25, -0.2) is 0 Å². The average Bonchev–Trinajstić information content (AvgIpc) is 2.25. The Morgan fingerprint density at radius 2 is 1.72 bits per heavy atom. The van der Waals surface area contributed by atoms with Crippen molar-refractivity contribution in [2.45, 2.75) is 52.4 Å². The van der Waals surface area contributed by atoms with Gasteiger partial charge in [0.2, 0.25) is 0 Å². The zero-order valence-corrected chi connectivity index (χ0v) is 12.3. The maximum atomic E-state index is 5.80. The molecule has 2 nitrogen and oxygen atoms in total. The van der Waals surface area contributed by atoms with Gasteiger partial charge in [-0.2, -0.15) is 0 Å². The van der Waals surface area contributed by atoms with E-state index in [1.54, 1.807) is 0 Å². The highest BCUT2D eigenvalue weighted by molar-refractivity contribution is 5.62. The fraction of sp³-hybridized carbons (Fsp3) is 0.562. The van der Waals surface area contributed by atoms with Crippen LogP contribution in [0.3, 0.4) is 0 Å². The van der Waals surface area contributed by atoms with Gasteiger partial charge in [0.25, 0.3) is 0 Å². The summed E-state index contributed by atoms with van der Waals surface area (Å²) in [5.41, 5.74) is 3.40. The first-order valence-corrected chi connectivity index (χ1v) is 6.55. The number of nitrogens with zero attached hydrogens (tertiary/aromatic N) is 1. The number of rotatable bonds is 0. The minimum atomic E-state index is -0.00345. The van der Waals surface area contributed by atoms with E-state index >= 15 is 0 Å². The first-order chi connectivity index (χ1) is 8.19. The molecule has 2 rings (SSSR count). The Balaban J connectivity index is 2.68. The molecule has 0 radical (unpaired) electrons. The minimum absolute atomic E-state index is 0.00345. The molecule has 0 N–H and O–H groups in total. The van der Waals surface area contributed by atoms with Crippen LogP contribution in [-0.2, 0) is 10.8 Å². The third-order valence-corrected chi connectivity index (χ3v) is 3.10. The summed E-state index contributed by atoms with van der Waals surface area (Å²) in [5, 5.41) is 0. The second kappa shape index (κ2) is 4.11. The second-order valence-corrected chi connectivity index (χ2v) is 6.99. The Morgan fingerprint density at radius 1 is 1.06 bits per heavy atom. The van der Waals surface area contributed by atoms with Crippen LogP contribution in [0.1, 0.15) is 58.5 Å². The largest absolute Gasteiger partial charge is 0.487 e. The van der Waals surface area contributed by atoms with E-state index in [1.807, 2.05) is 0 Å². The molecule has 98 valence electrons. The molecule has 1 aromatic heterocycles. The lowest BCUT2D eigenvalue weighted by Gasteiger charge is -2.28. The zero-order valence-electron chi connectivity index (χ0n) is 12.3. The highest BCUT2D eigenvalue weighted by atomic mass is 16.5. The molecule has 1 aliphatic heterocycles. The summed E-state index contributed by atoms with van der Waals surface area (Å²) in [5.74, 6) is 0.956. The van der Waals surface area contributed by atoms with Crippen molar-refractivity contribution in [3.05, 3.63) is 29.1 Å². The molecule has 0 aliphatic carbocycles. The van der Waals surface area contributed by atoms with Gasteiger partial charge < -0.3 is 4.74 Å². The molecule has 18 heavy (non-hydrogen) atoms. The van der Waals surface area contributed by atoms with Gasteiger partial charge in [0, 0.05) is 22.1 Å². The molecule has 0 saturated heterocycles. The predicted octanol–water partition coefficient (Wildman–Crippen LogP) is 4.08. The third-order valence-electron chi connectivity index (χ3n) is 3.10. The summed E-state index contributed by atoms with van der Waals surface area (Å²) in [4.78, 5) is 4.87.